The molecule has 1 aromatic carbocycles. The number of carbonyl (C=O) groups excluding carboxylic acids is 1. The van der Waals surface area contributed by atoms with Crippen molar-refractivity contribution in [3.63, 3.8) is 0 Å². The Kier molecular flexibility index (Phi) is 7.92. The zero-order valence-electron chi connectivity index (χ0n) is 18.0. The number of nitrogens with zero attached hydrogens (tertiary/aromatic N) is 1. The van der Waals surface area contributed by atoms with Crippen LogP contribution in [0.5, 0.6) is 0 Å². The first-order valence-corrected chi connectivity index (χ1v) is 10.8. The van der Waals surface area contributed by atoms with Gasteiger partial charge < -0.3 is 18.9 Å². The molecule has 1 aromatic rings. The molecule has 3 rings (SSSR count). The van der Waals surface area contributed by atoms with E-state index in [2.05, 4.69) is 0 Å². The van der Waals surface area contributed by atoms with Crippen LogP contribution >= 0.6 is 0 Å². The van der Waals surface area contributed by atoms with Crippen LogP contribution < -0.4 is 0 Å². The first-order chi connectivity index (χ1) is 13.9. The molecular formula is C23H35NO5. The van der Waals surface area contributed by atoms with Gasteiger partial charge >= 0.3 is 6.09 Å². The predicted molar refractivity (Wildman–Crippen MR) is 111 cm³/mol. The maximum Gasteiger partial charge on any atom is 0.410 e. The third kappa shape index (κ3) is 6.98. The number of benzene rings is 1. The molecule has 0 radical (unpaired) electrons. The Labute approximate surface area is 174 Å². The number of carbonyl (C=O) groups is 1. The van der Waals surface area contributed by atoms with E-state index in [1.54, 1.807) is 0 Å². The number of likely N-dealkylation sites (tertiary alicyclic amines) is 1. The quantitative estimate of drug-likeness (QED) is 0.668. The Morgan fingerprint density at radius 2 is 1.79 bits per heavy atom. The molecule has 2 aliphatic rings. The maximum absolute atomic E-state index is 12.9. The lowest BCUT2D eigenvalue weighted by molar-refractivity contribution is -0.169. The van der Waals surface area contributed by atoms with Crippen molar-refractivity contribution in [3.05, 3.63) is 35.9 Å². The van der Waals surface area contributed by atoms with Crippen LogP contribution in [0, 0.1) is 0 Å². The zero-order valence-corrected chi connectivity index (χ0v) is 18.0. The van der Waals surface area contributed by atoms with Gasteiger partial charge in [-0.05, 0) is 58.4 Å². The molecule has 29 heavy (non-hydrogen) atoms. The van der Waals surface area contributed by atoms with Crippen LogP contribution in [0.2, 0.25) is 0 Å². The van der Waals surface area contributed by atoms with Crippen LogP contribution in [0.1, 0.15) is 58.4 Å². The van der Waals surface area contributed by atoms with Gasteiger partial charge in [-0.25, -0.2) is 4.79 Å². The van der Waals surface area contributed by atoms with Crippen molar-refractivity contribution in [1.29, 1.82) is 0 Å². The van der Waals surface area contributed by atoms with Gasteiger partial charge in [0, 0.05) is 6.61 Å². The summed E-state index contributed by atoms with van der Waals surface area (Å²) in [5, 5.41) is 0. The van der Waals surface area contributed by atoms with E-state index in [4.69, 9.17) is 18.9 Å². The average molecular weight is 406 g/mol. The number of hydrogen-bond donors (Lipinski definition) is 0. The van der Waals surface area contributed by atoms with E-state index in [-0.39, 0.29) is 24.5 Å². The van der Waals surface area contributed by atoms with Crippen molar-refractivity contribution in [2.45, 2.75) is 83.5 Å². The molecule has 3 atom stereocenters. The second kappa shape index (κ2) is 10.4. The molecule has 0 aromatic heterocycles. The highest BCUT2D eigenvalue weighted by atomic mass is 16.7. The van der Waals surface area contributed by atoms with Crippen molar-refractivity contribution in [1.82, 2.24) is 4.90 Å². The Morgan fingerprint density at radius 1 is 1.07 bits per heavy atom. The molecule has 0 N–H and O–H groups in total. The van der Waals surface area contributed by atoms with E-state index in [1.165, 1.54) is 0 Å². The van der Waals surface area contributed by atoms with Crippen LogP contribution in [-0.4, -0.2) is 54.8 Å². The smallest absolute Gasteiger partial charge is 0.410 e. The third-order valence-corrected chi connectivity index (χ3v) is 5.26. The fourth-order valence-electron chi connectivity index (χ4n) is 3.85. The number of rotatable bonds is 7. The molecule has 1 unspecified atom stereocenters. The van der Waals surface area contributed by atoms with Crippen LogP contribution in [0.15, 0.2) is 30.3 Å². The van der Waals surface area contributed by atoms with E-state index in [1.807, 2.05) is 56.0 Å². The summed E-state index contributed by atoms with van der Waals surface area (Å²) in [5.41, 5.74) is 0.594. The van der Waals surface area contributed by atoms with Gasteiger partial charge in [0.05, 0.1) is 31.9 Å². The molecule has 2 aliphatic heterocycles. The lowest BCUT2D eigenvalue weighted by Crippen LogP contribution is -2.47. The Bertz CT molecular complexity index is 624. The van der Waals surface area contributed by atoms with Crippen molar-refractivity contribution in [3.8, 4) is 0 Å². The molecule has 2 fully saturated rings. The lowest BCUT2D eigenvalue weighted by Gasteiger charge is -2.33. The van der Waals surface area contributed by atoms with Gasteiger partial charge in [-0.15, -0.1) is 0 Å². The largest absolute Gasteiger partial charge is 0.444 e. The van der Waals surface area contributed by atoms with Gasteiger partial charge in [0.1, 0.15) is 5.60 Å². The van der Waals surface area contributed by atoms with E-state index in [9.17, 15) is 4.79 Å². The normalized spacial score (nSPS) is 25.2. The monoisotopic (exact) mass is 405 g/mol. The molecule has 0 bridgehead atoms. The Balaban J connectivity index is 1.57. The number of ether oxygens (including phenoxy) is 4. The second-order valence-corrected chi connectivity index (χ2v) is 8.90. The van der Waals surface area contributed by atoms with Gasteiger partial charge in [-0.1, -0.05) is 30.3 Å². The molecule has 0 saturated carbocycles. The van der Waals surface area contributed by atoms with Crippen LogP contribution in [0.3, 0.4) is 0 Å². The van der Waals surface area contributed by atoms with E-state index in [0.717, 1.165) is 44.3 Å². The second-order valence-electron chi connectivity index (χ2n) is 8.90. The predicted octanol–water partition coefficient (Wildman–Crippen LogP) is 4.51. The molecule has 2 heterocycles. The Hall–Kier alpha value is -1.63. The van der Waals surface area contributed by atoms with Gasteiger partial charge in [-0.3, -0.25) is 4.90 Å². The minimum absolute atomic E-state index is 0.00515. The molecule has 162 valence electrons. The molecule has 0 aliphatic carbocycles. The summed E-state index contributed by atoms with van der Waals surface area (Å²) in [6.07, 6.45) is 4.45. The standard InChI is InChI=1S/C23H35NO5/c1-23(2,3)29-22(25)24-19(16-26-15-18-9-5-4-6-10-18)12-13-20(24)17-28-21-11-7-8-14-27-21/h4-6,9-10,19-21H,7-8,11-17H2,1-3H3/t19-,20-,21?/m0/s1. The third-order valence-electron chi connectivity index (χ3n) is 5.26. The van der Waals surface area contributed by atoms with Gasteiger partial charge in [0.2, 0.25) is 0 Å². The van der Waals surface area contributed by atoms with Crippen LogP contribution in [0.25, 0.3) is 0 Å². The highest BCUT2D eigenvalue weighted by molar-refractivity contribution is 5.69. The van der Waals surface area contributed by atoms with Gasteiger partial charge in [-0.2, -0.15) is 0 Å². The van der Waals surface area contributed by atoms with Gasteiger partial charge in [0.25, 0.3) is 0 Å². The summed E-state index contributed by atoms with van der Waals surface area (Å²) in [5.74, 6) is 0. The average Bonchev–Trinajstić information content (AvgIpc) is 3.10. The van der Waals surface area contributed by atoms with E-state index in [0.29, 0.717) is 19.8 Å². The van der Waals surface area contributed by atoms with Crippen molar-refractivity contribution in [2.75, 3.05) is 19.8 Å². The van der Waals surface area contributed by atoms with Crippen LogP contribution in [-0.2, 0) is 25.6 Å². The highest BCUT2D eigenvalue weighted by Crippen LogP contribution is 2.28. The molecule has 6 heteroatoms. The Morgan fingerprint density at radius 3 is 2.45 bits per heavy atom. The molecule has 2 saturated heterocycles. The lowest BCUT2D eigenvalue weighted by atomic mass is 10.2. The summed E-state index contributed by atoms with van der Waals surface area (Å²) in [7, 11) is 0. The fourth-order valence-corrected chi connectivity index (χ4v) is 3.85. The summed E-state index contributed by atoms with van der Waals surface area (Å²) < 4.78 is 23.3. The fraction of sp³-hybridized carbons (Fsp3) is 0.696. The van der Waals surface area contributed by atoms with Crippen LogP contribution in [0.4, 0.5) is 4.79 Å². The van der Waals surface area contributed by atoms with E-state index < -0.39 is 5.60 Å². The minimum Gasteiger partial charge on any atom is -0.444 e. The molecule has 1 amide bonds. The first kappa shape index (κ1) is 22.1. The van der Waals surface area contributed by atoms with E-state index >= 15 is 0 Å². The first-order valence-electron chi connectivity index (χ1n) is 10.8. The summed E-state index contributed by atoms with van der Waals surface area (Å²) in [6, 6.07) is 10.1. The SMILES string of the molecule is CC(C)(C)OC(=O)N1[C@H](COCc2ccccc2)CC[C@H]1COC1CCCCO1. The highest BCUT2D eigenvalue weighted by Gasteiger charge is 2.40. The maximum atomic E-state index is 12.9. The minimum atomic E-state index is -0.535. The summed E-state index contributed by atoms with van der Waals surface area (Å²) in [4.78, 5) is 14.8. The number of amides is 1. The number of hydrogen-bond acceptors (Lipinski definition) is 5. The topological polar surface area (TPSA) is 57.2 Å². The zero-order chi connectivity index (χ0) is 20.7. The summed E-state index contributed by atoms with van der Waals surface area (Å²) in [6.45, 7) is 7.93. The van der Waals surface area contributed by atoms with Crippen molar-refractivity contribution in [2.24, 2.45) is 0 Å². The van der Waals surface area contributed by atoms with Gasteiger partial charge in [0.15, 0.2) is 6.29 Å². The van der Waals surface area contributed by atoms with Crippen molar-refractivity contribution < 1.29 is 23.7 Å². The molecular weight excluding hydrogens is 370 g/mol. The molecule has 0 spiro atoms. The molecule has 6 nitrogen and oxygen atoms in total. The summed E-state index contributed by atoms with van der Waals surface area (Å²) >= 11 is 0. The van der Waals surface area contributed by atoms with Crippen molar-refractivity contribution >= 4 is 6.09 Å².